The normalized spacial score (nSPS) is 11.7. The van der Waals surface area contributed by atoms with Crippen molar-refractivity contribution in [3.05, 3.63) is 52.1 Å². The van der Waals surface area contributed by atoms with Crippen molar-refractivity contribution in [2.45, 2.75) is 32.7 Å². The van der Waals surface area contributed by atoms with E-state index in [1.54, 1.807) is 41.0 Å². The van der Waals surface area contributed by atoms with Crippen LogP contribution in [0, 0.1) is 0 Å². The lowest BCUT2D eigenvalue weighted by Gasteiger charge is -2.22. The number of anilines is 2. The van der Waals surface area contributed by atoms with Gasteiger partial charge in [0, 0.05) is 30.8 Å². The van der Waals surface area contributed by atoms with Gasteiger partial charge in [-0.3, -0.25) is 18.5 Å². The van der Waals surface area contributed by atoms with Crippen molar-refractivity contribution in [3.63, 3.8) is 0 Å². The highest BCUT2D eigenvalue weighted by atomic mass is 32.2. The first-order valence-electron chi connectivity index (χ1n) is 10.2. The first-order valence-corrected chi connectivity index (χ1v) is 12.8. The Kier molecular flexibility index (Phi) is 7.25. The molecule has 1 amide bonds. The van der Waals surface area contributed by atoms with Gasteiger partial charge in [-0.1, -0.05) is 17.4 Å². The minimum absolute atomic E-state index is 0.0307. The number of sulfonamides is 1. The Balaban J connectivity index is 1.65. The number of amides is 1. The van der Waals surface area contributed by atoms with Crippen molar-refractivity contribution in [3.8, 4) is 5.75 Å². The molecule has 0 aliphatic carbocycles. The summed E-state index contributed by atoms with van der Waals surface area (Å²) in [7, 11) is -2.00. The Morgan fingerprint density at radius 3 is 2.62 bits per heavy atom. The largest absolute Gasteiger partial charge is 0.497 e. The standard InChI is InChI=1S/C22H27N3O5S2/c1-15(2)25-19-11-10-16(13-20(19)31-22(25)27)23-21(26)9-6-12-24(32(4,28)29)17-7-5-8-18(14-17)30-3/h5,7-8,10-11,13-15H,6,9,12H2,1-4H3,(H,23,26). The quantitative estimate of drug-likeness (QED) is 0.505. The number of carbonyl (C=O) groups excluding carboxylic acids is 1. The number of nitrogens with zero attached hydrogens (tertiary/aromatic N) is 2. The molecule has 0 spiro atoms. The number of ether oxygens (including phenoxy) is 1. The Morgan fingerprint density at radius 2 is 1.97 bits per heavy atom. The van der Waals surface area contributed by atoms with Crippen LogP contribution in [0.4, 0.5) is 11.4 Å². The summed E-state index contributed by atoms with van der Waals surface area (Å²) >= 11 is 1.15. The van der Waals surface area contributed by atoms with Gasteiger partial charge in [-0.2, -0.15) is 0 Å². The lowest BCUT2D eigenvalue weighted by Crippen LogP contribution is -2.31. The van der Waals surface area contributed by atoms with Crippen LogP contribution < -0.4 is 19.2 Å². The molecular formula is C22H27N3O5S2. The van der Waals surface area contributed by atoms with Gasteiger partial charge in [-0.25, -0.2) is 8.42 Å². The van der Waals surface area contributed by atoms with Crippen molar-refractivity contribution >= 4 is 48.9 Å². The summed E-state index contributed by atoms with van der Waals surface area (Å²) in [6.07, 6.45) is 1.63. The zero-order valence-electron chi connectivity index (χ0n) is 18.5. The van der Waals surface area contributed by atoms with Gasteiger partial charge < -0.3 is 10.1 Å². The van der Waals surface area contributed by atoms with Gasteiger partial charge in [0.15, 0.2) is 0 Å². The number of methoxy groups -OCH3 is 1. The molecule has 0 aliphatic rings. The number of hydrogen-bond acceptors (Lipinski definition) is 6. The van der Waals surface area contributed by atoms with E-state index in [-0.39, 0.29) is 29.8 Å². The van der Waals surface area contributed by atoms with Gasteiger partial charge in [0.25, 0.3) is 0 Å². The van der Waals surface area contributed by atoms with Gasteiger partial charge in [-0.05, 0) is 50.6 Å². The fourth-order valence-electron chi connectivity index (χ4n) is 3.46. The molecule has 32 heavy (non-hydrogen) atoms. The summed E-state index contributed by atoms with van der Waals surface area (Å²) < 4.78 is 33.5. The smallest absolute Gasteiger partial charge is 0.308 e. The van der Waals surface area contributed by atoms with Crippen LogP contribution in [0.15, 0.2) is 47.3 Å². The number of aromatic nitrogens is 1. The molecule has 3 aromatic rings. The number of rotatable bonds is 9. The Morgan fingerprint density at radius 1 is 1.22 bits per heavy atom. The summed E-state index contributed by atoms with van der Waals surface area (Å²) in [5, 5.41) is 2.83. The monoisotopic (exact) mass is 477 g/mol. The molecule has 1 heterocycles. The summed E-state index contributed by atoms with van der Waals surface area (Å²) in [6.45, 7) is 4.07. The second kappa shape index (κ2) is 9.74. The molecule has 8 nitrogen and oxygen atoms in total. The molecular weight excluding hydrogens is 450 g/mol. The molecule has 0 bridgehead atoms. The summed E-state index contributed by atoms with van der Waals surface area (Å²) in [4.78, 5) is 24.6. The van der Waals surface area contributed by atoms with Gasteiger partial charge in [-0.15, -0.1) is 0 Å². The average molecular weight is 478 g/mol. The molecule has 172 valence electrons. The van der Waals surface area contributed by atoms with Gasteiger partial charge in [0.2, 0.25) is 15.9 Å². The predicted octanol–water partition coefficient (Wildman–Crippen LogP) is 3.84. The first kappa shape index (κ1) is 23.8. The minimum Gasteiger partial charge on any atom is -0.497 e. The van der Waals surface area contributed by atoms with E-state index in [2.05, 4.69) is 5.32 Å². The Labute approximate surface area is 191 Å². The van der Waals surface area contributed by atoms with Gasteiger partial charge in [0.1, 0.15) is 5.75 Å². The first-order chi connectivity index (χ1) is 15.1. The highest BCUT2D eigenvalue weighted by Gasteiger charge is 2.18. The number of benzene rings is 2. The van der Waals surface area contributed by atoms with E-state index in [0.29, 0.717) is 23.5 Å². The maximum atomic E-state index is 12.4. The molecule has 0 aliphatic heterocycles. The molecule has 0 radical (unpaired) electrons. The average Bonchev–Trinajstić information content (AvgIpc) is 3.05. The molecule has 0 fully saturated rings. The SMILES string of the molecule is COc1cccc(N(CCCC(=O)Nc2ccc3c(c2)sc(=O)n3C(C)C)S(C)(=O)=O)c1. The van der Waals surface area contributed by atoms with E-state index in [1.807, 2.05) is 19.9 Å². The molecule has 0 saturated carbocycles. The van der Waals surface area contributed by atoms with Crippen LogP contribution in [0.3, 0.4) is 0 Å². The number of thiazole rings is 1. The van der Waals surface area contributed by atoms with Crippen molar-refractivity contribution in [2.24, 2.45) is 0 Å². The predicted molar refractivity (Wildman–Crippen MR) is 130 cm³/mol. The van der Waals surface area contributed by atoms with Crippen LogP contribution in [0.25, 0.3) is 10.2 Å². The Hall–Kier alpha value is -2.85. The van der Waals surface area contributed by atoms with E-state index in [4.69, 9.17) is 4.74 Å². The second-order valence-electron chi connectivity index (χ2n) is 7.70. The fraction of sp³-hybridized carbons (Fsp3) is 0.364. The summed E-state index contributed by atoms with van der Waals surface area (Å²) in [5.74, 6) is 0.331. The lowest BCUT2D eigenvalue weighted by atomic mass is 10.2. The molecule has 10 heteroatoms. The number of carbonyl (C=O) groups is 1. The van der Waals surface area contributed by atoms with E-state index < -0.39 is 10.0 Å². The van der Waals surface area contributed by atoms with Crippen molar-refractivity contribution in [1.29, 1.82) is 0 Å². The van der Waals surface area contributed by atoms with Crippen LogP contribution in [0.2, 0.25) is 0 Å². The van der Waals surface area contributed by atoms with E-state index >= 15 is 0 Å². The summed E-state index contributed by atoms with van der Waals surface area (Å²) in [5.41, 5.74) is 1.93. The molecule has 1 aromatic heterocycles. The molecule has 0 saturated heterocycles. The topological polar surface area (TPSA) is 97.7 Å². The molecule has 3 rings (SSSR count). The van der Waals surface area contributed by atoms with Gasteiger partial charge >= 0.3 is 4.87 Å². The summed E-state index contributed by atoms with van der Waals surface area (Å²) in [6, 6.07) is 12.2. The second-order valence-corrected chi connectivity index (χ2v) is 10.6. The minimum atomic E-state index is -3.52. The van der Waals surface area contributed by atoms with Crippen LogP contribution >= 0.6 is 11.3 Å². The Bertz CT molecular complexity index is 1280. The number of fused-ring (bicyclic) bond motifs is 1. The van der Waals surface area contributed by atoms with Crippen molar-refractivity contribution in [1.82, 2.24) is 4.57 Å². The van der Waals surface area contributed by atoms with E-state index in [1.165, 1.54) is 11.4 Å². The van der Waals surface area contributed by atoms with Gasteiger partial charge in [0.05, 0.1) is 29.3 Å². The highest BCUT2D eigenvalue weighted by Crippen LogP contribution is 2.25. The zero-order chi connectivity index (χ0) is 23.5. The third-order valence-corrected chi connectivity index (χ3v) is 7.03. The zero-order valence-corrected chi connectivity index (χ0v) is 20.1. The third kappa shape index (κ3) is 5.49. The molecule has 2 aromatic carbocycles. The van der Waals surface area contributed by atoms with Crippen LogP contribution in [-0.2, 0) is 14.8 Å². The molecule has 1 N–H and O–H groups in total. The highest BCUT2D eigenvalue weighted by molar-refractivity contribution is 7.92. The van der Waals surface area contributed by atoms with Crippen molar-refractivity contribution < 1.29 is 17.9 Å². The van der Waals surface area contributed by atoms with Crippen LogP contribution in [0.5, 0.6) is 5.75 Å². The molecule has 0 atom stereocenters. The third-order valence-electron chi connectivity index (χ3n) is 4.92. The van der Waals surface area contributed by atoms with E-state index in [9.17, 15) is 18.0 Å². The van der Waals surface area contributed by atoms with Crippen LogP contribution in [-0.4, -0.2) is 38.8 Å². The van der Waals surface area contributed by atoms with Crippen LogP contribution in [0.1, 0.15) is 32.7 Å². The van der Waals surface area contributed by atoms with E-state index in [0.717, 1.165) is 27.8 Å². The maximum absolute atomic E-state index is 12.4. The molecule has 0 unspecified atom stereocenters. The fourth-order valence-corrected chi connectivity index (χ4v) is 5.47. The van der Waals surface area contributed by atoms with Crippen molar-refractivity contribution in [2.75, 3.05) is 29.5 Å². The lowest BCUT2D eigenvalue weighted by molar-refractivity contribution is -0.116. The number of nitrogens with one attached hydrogen (secondary N) is 1. The maximum Gasteiger partial charge on any atom is 0.308 e. The number of hydrogen-bond donors (Lipinski definition) is 1.